The van der Waals surface area contributed by atoms with Crippen LogP contribution in [-0.4, -0.2) is 46.5 Å². The highest BCUT2D eigenvalue weighted by molar-refractivity contribution is 5.96. The Labute approximate surface area is 152 Å². The lowest BCUT2D eigenvalue weighted by molar-refractivity contribution is -0.157. The molecule has 0 unspecified atom stereocenters. The van der Waals surface area contributed by atoms with Crippen molar-refractivity contribution in [3.05, 3.63) is 47.7 Å². The van der Waals surface area contributed by atoms with Gasteiger partial charge in [0.1, 0.15) is 0 Å². The zero-order chi connectivity index (χ0) is 19.4. The van der Waals surface area contributed by atoms with Crippen LogP contribution >= 0.6 is 0 Å². The van der Waals surface area contributed by atoms with Crippen molar-refractivity contribution in [3.63, 3.8) is 0 Å². The quantitative estimate of drug-likeness (QED) is 0.876. The van der Waals surface area contributed by atoms with Crippen molar-refractivity contribution in [3.8, 4) is 0 Å². The van der Waals surface area contributed by atoms with E-state index in [1.54, 1.807) is 35.2 Å². The summed E-state index contributed by atoms with van der Waals surface area (Å²) in [4.78, 5) is 25.7. The van der Waals surface area contributed by atoms with Crippen LogP contribution in [-0.2, 0) is 11.0 Å². The molecule has 0 aliphatic carbocycles. The molecule has 1 saturated heterocycles. The predicted molar refractivity (Wildman–Crippen MR) is 86.6 cm³/mol. The number of amides is 2. The standard InChI is InChI=1S/C17H17F3N4O3/c18-17(19,20)16-23-22-15(27-16)12-6-8-24(9-7-12)13(25)10-21-14(26)11-4-2-1-3-5-11/h1-5,12H,6-10H2,(H,21,26). The van der Waals surface area contributed by atoms with Gasteiger partial charge in [0.05, 0.1) is 6.54 Å². The molecule has 144 valence electrons. The fourth-order valence-corrected chi connectivity index (χ4v) is 2.85. The number of benzene rings is 1. The molecular formula is C17H17F3N4O3. The van der Waals surface area contributed by atoms with Crippen LogP contribution in [0.3, 0.4) is 0 Å². The van der Waals surface area contributed by atoms with Gasteiger partial charge in [-0.15, -0.1) is 10.2 Å². The first-order valence-electron chi connectivity index (χ1n) is 8.36. The first kappa shape index (κ1) is 18.9. The van der Waals surface area contributed by atoms with Gasteiger partial charge in [-0.25, -0.2) is 0 Å². The maximum atomic E-state index is 12.5. The van der Waals surface area contributed by atoms with Crippen molar-refractivity contribution in [1.82, 2.24) is 20.4 Å². The Morgan fingerprint density at radius 3 is 2.41 bits per heavy atom. The Hall–Kier alpha value is -2.91. The number of halogens is 3. The van der Waals surface area contributed by atoms with E-state index >= 15 is 0 Å². The van der Waals surface area contributed by atoms with E-state index in [1.807, 2.05) is 0 Å². The molecule has 2 heterocycles. The number of rotatable bonds is 4. The molecule has 1 fully saturated rings. The highest BCUT2D eigenvalue weighted by atomic mass is 19.4. The van der Waals surface area contributed by atoms with E-state index in [4.69, 9.17) is 4.42 Å². The van der Waals surface area contributed by atoms with Gasteiger partial charge in [-0.3, -0.25) is 9.59 Å². The van der Waals surface area contributed by atoms with E-state index in [2.05, 4.69) is 15.5 Å². The molecule has 2 aromatic rings. The van der Waals surface area contributed by atoms with Crippen molar-refractivity contribution in [2.45, 2.75) is 24.9 Å². The van der Waals surface area contributed by atoms with Gasteiger partial charge in [0.2, 0.25) is 11.8 Å². The Balaban J connectivity index is 1.48. The van der Waals surface area contributed by atoms with E-state index in [0.29, 0.717) is 31.5 Å². The summed E-state index contributed by atoms with van der Waals surface area (Å²) in [5.41, 5.74) is 0.459. The number of piperidine rings is 1. The molecule has 1 aromatic heterocycles. The Morgan fingerprint density at radius 2 is 1.81 bits per heavy atom. The molecule has 1 aliphatic heterocycles. The summed E-state index contributed by atoms with van der Waals surface area (Å²) in [5.74, 6) is -2.34. The van der Waals surface area contributed by atoms with Gasteiger partial charge in [-0.1, -0.05) is 18.2 Å². The molecule has 0 atom stereocenters. The zero-order valence-corrected chi connectivity index (χ0v) is 14.2. The van der Waals surface area contributed by atoms with Crippen molar-refractivity contribution < 1.29 is 27.2 Å². The normalized spacial score (nSPS) is 15.6. The summed E-state index contributed by atoms with van der Waals surface area (Å²) in [6, 6.07) is 8.52. The van der Waals surface area contributed by atoms with Gasteiger partial charge in [0.25, 0.3) is 5.91 Å². The highest BCUT2D eigenvalue weighted by Crippen LogP contribution is 2.32. The average molecular weight is 382 g/mol. The van der Waals surface area contributed by atoms with Crippen LogP contribution in [0.4, 0.5) is 13.2 Å². The van der Waals surface area contributed by atoms with Crippen molar-refractivity contribution in [2.24, 2.45) is 0 Å². The van der Waals surface area contributed by atoms with E-state index in [1.165, 1.54) is 0 Å². The maximum absolute atomic E-state index is 12.5. The third kappa shape index (κ3) is 4.63. The second kappa shape index (κ2) is 7.77. The minimum atomic E-state index is -4.67. The monoisotopic (exact) mass is 382 g/mol. The molecule has 10 heteroatoms. The largest absolute Gasteiger partial charge is 0.470 e. The van der Waals surface area contributed by atoms with Gasteiger partial charge < -0.3 is 14.6 Å². The summed E-state index contributed by atoms with van der Waals surface area (Å²) in [6.45, 7) is 0.542. The Kier molecular flexibility index (Phi) is 5.43. The molecule has 0 spiro atoms. The molecule has 1 N–H and O–H groups in total. The lowest BCUT2D eigenvalue weighted by Crippen LogP contribution is -2.43. The molecule has 3 rings (SSSR count). The number of nitrogens with zero attached hydrogens (tertiary/aromatic N) is 3. The van der Waals surface area contributed by atoms with E-state index in [-0.39, 0.29) is 30.2 Å². The topological polar surface area (TPSA) is 88.3 Å². The molecule has 1 aromatic carbocycles. The van der Waals surface area contributed by atoms with Crippen LogP contribution in [0, 0.1) is 0 Å². The number of nitrogens with one attached hydrogen (secondary N) is 1. The molecular weight excluding hydrogens is 365 g/mol. The van der Waals surface area contributed by atoms with Gasteiger partial charge in [-0.05, 0) is 25.0 Å². The summed E-state index contributed by atoms with van der Waals surface area (Å²) in [6.07, 6.45) is -3.84. The van der Waals surface area contributed by atoms with Gasteiger partial charge in [0, 0.05) is 24.6 Å². The minimum absolute atomic E-state index is 0.0631. The lowest BCUT2D eigenvalue weighted by atomic mass is 9.97. The van der Waals surface area contributed by atoms with Crippen molar-refractivity contribution in [1.29, 1.82) is 0 Å². The van der Waals surface area contributed by atoms with E-state index < -0.39 is 12.1 Å². The average Bonchev–Trinajstić information content (AvgIpc) is 3.17. The number of carbonyl (C=O) groups is 2. The SMILES string of the molecule is O=C(NCC(=O)N1CCC(c2nnc(C(F)(F)F)o2)CC1)c1ccccc1. The second-order valence-corrected chi connectivity index (χ2v) is 6.15. The molecule has 27 heavy (non-hydrogen) atoms. The fourth-order valence-electron chi connectivity index (χ4n) is 2.85. The summed E-state index contributed by atoms with van der Waals surface area (Å²) in [5, 5.41) is 9.06. The molecule has 0 saturated carbocycles. The summed E-state index contributed by atoms with van der Waals surface area (Å²) < 4.78 is 42.3. The first-order chi connectivity index (χ1) is 12.8. The summed E-state index contributed by atoms with van der Waals surface area (Å²) in [7, 11) is 0. The Bertz CT molecular complexity index is 799. The third-order valence-corrected chi connectivity index (χ3v) is 4.32. The highest BCUT2D eigenvalue weighted by Gasteiger charge is 2.39. The van der Waals surface area contributed by atoms with Crippen LogP contribution in [0.2, 0.25) is 0 Å². The lowest BCUT2D eigenvalue weighted by Gasteiger charge is -2.30. The summed E-state index contributed by atoms with van der Waals surface area (Å²) >= 11 is 0. The van der Waals surface area contributed by atoms with Crippen LogP contribution in [0.1, 0.15) is 40.9 Å². The number of alkyl halides is 3. The number of carbonyl (C=O) groups excluding carboxylic acids is 2. The van der Waals surface area contributed by atoms with Gasteiger partial charge >= 0.3 is 12.1 Å². The van der Waals surface area contributed by atoms with Crippen molar-refractivity contribution >= 4 is 11.8 Å². The molecule has 7 nitrogen and oxygen atoms in total. The van der Waals surface area contributed by atoms with Gasteiger partial charge in [-0.2, -0.15) is 13.2 Å². The van der Waals surface area contributed by atoms with Crippen molar-refractivity contribution in [2.75, 3.05) is 19.6 Å². The smallest absolute Gasteiger partial charge is 0.417 e. The number of hydrogen-bond acceptors (Lipinski definition) is 5. The fraction of sp³-hybridized carbons (Fsp3) is 0.412. The number of likely N-dealkylation sites (tertiary alicyclic amines) is 1. The molecule has 0 radical (unpaired) electrons. The van der Waals surface area contributed by atoms with Crippen LogP contribution in [0.25, 0.3) is 0 Å². The van der Waals surface area contributed by atoms with Crippen LogP contribution < -0.4 is 5.32 Å². The van der Waals surface area contributed by atoms with E-state index in [0.717, 1.165) is 0 Å². The Morgan fingerprint density at radius 1 is 1.15 bits per heavy atom. The van der Waals surface area contributed by atoms with Crippen LogP contribution in [0.5, 0.6) is 0 Å². The number of aromatic nitrogens is 2. The first-order valence-corrected chi connectivity index (χ1v) is 8.36. The molecule has 1 aliphatic rings. The maximum Gasteiger partial charge on any atom is 0.470 e. The van der Waals surface area contributed by atoms with Crippen LogP contribution in [0.15, 0.2) is 34.7 Å². The van der Waals surface area contributed by atoms with Gasteiger partial charge in [0.15, 0.2) is 0 Å². The zero-order valence-electron chi connectivity index (χ0n) is 14.2. The predicted octanol–water partition coefficient (Wildman–Crippen LogP) is 2.22. The molecule has 0 bridgehead atoms. The third-order valence-electron chi connectivity index (χ3n) is 4.32. The minimum Gasteiger partial charge on any atom is -0.417 e. The second-order valence-electron chi connectivity index (χ2n) is 6.15. The number of hydrogen-bond donors (Lipinski definition) is 1. The molecule has 2 amide bonds. The van der Waals surface area contributed by atoms with E-state index in [9.17, 15) is 22.8 Å².